The van der Waals surface area contributed by atoms with E-state index >= 15 is 0 Å². The molecule has 2 aromatic rings. The summed E-state index contributed by atoms with van der Waals surface area (Å²) in [6.45, 7) is 2.24. The van der Waals surface area contributed by atoms with Crippen molar-refractivity contribution in [2.45, 2.75) is 19.6 Å². The van der Waals surface area contributed by atoms with Gasteiger partial charge in [-0.15, -0.1) is 0 Å². The minimum Gasteiger partial charge on any atom is -0.489 e. The molecule has 0 aliphatic rings. The molecule has 0 amide bonds. The number of aliphatic hydroxyl groups excluding tert-OH is 1. The molecule has 0 bridgehead atoms. The van der Waals surface area contributed by atoms with Crippen LogP contribution in [0.5, 0.6) is 5.75 Å². The van der Waals surface area contributed by atoms with Crippen molar-refractivity contribution in [3.05, 3.63) is 59.9 Å². The highest BCUT2D eigenvalue weighted by Gasteiger charge is 2.02. The van der Waals surface area contributed by atoms with E-state index in [2.05, 4.69) is 4.98 Å². The zero-order chi connectivity index (χ0) is 12.1. The second-order valence-electron chi connectivity index (χ2n) is 3.89. The number of ether oxygens (including phenoxy) is 1. The van der Waals surface area contributed by atoms with Crippen molar-refractivity contribution in [1.29, 1.82) is 0 Å². The molecule has 1 heterocycles. The van der Waals surface area contributed by atoms with Crippen LogP contribution in [0.2, 0.25) is 0 Å². The maximum atomic E-state index is 9.47. The largest absolute Gasteiger partial charge is 0.489 e. The minimum absolute atomic E-state index is 0.473. The third-order valence-corrected chi connectivity index (χ3v) is 2.50. The number of nitrogens with zero attached hydrogens (tertiary/aromatic N) is 1. The first-order valence-corrected chi connectivity index (χ1v) is 5.55. The summed E-state index contributed by atoms with van der Waals surface area (Å²) >= 11 is 0. The summed E-state index contributed by atoms with van der Waals surface area (Å²) in [4.78, 5) is 3.95. The minimum atomic E-state index is -0.473. The molecule has 1 aromatic heterocycles. The van der Waals surface area contributed by atoms with E-state index in [1.165, 1.54) is 0 Å². The topological polar surface area (TPSA) is 42.4 Å². The number of aliphatic hydroxyl groups is 1. The number of pyridine rings is 1. The maximum absolute atomic E-state index is 9.47. The fraction of sp³-hybridized carbons (Fsp3) is 0.214. The fourth-order valence-corrected chi connectivity index (χ4v) is 1.51. The van der Waals surface area contributed by atoms with Gasteiger partial charge in [-0.05, 0) is 42.3 Å². The first-order chi connectivity index (χ1) is 8.25. The van der Waals surface area contributed by atoms with Gasteiger partial charge >= 0.3 is 0 Å². The average molecular weight is 229 g/mol. The van der Waals surface area contributed by atoms with Crippen molar-refractivity contribution >= 4 is 0 Å². The number of hydrogen-bond donors (Lipinski definition) is 1. The molecule has 0 fully saturated rings. The van der Waals surface area contributed by atoms with Crippen molar-refractivity contribution in [1.82, 2.24) is 4.98 Å². The van der Waals surface area contributed by atoms with Crippen molar-refractivity contribution in [2.24, 2.45) is 0 Å². The van der Waals surface area contributed by atoms with Crippen LogP contribution in [0.15, 0.2) is 48.8 Å². The predicted molar refractivity (Wildman–Crippen MR) is 65.6 cm³/mol. The Kier molecular flexibility index (Phi) is 3.73. The van der Waals surface area contributed by atoms with E-state index in [9.17, 15) is 5.11 Å². The second-order valence-corrected chi connectivity index (χ2v) is 3.89. The van der Waals surface area contributed by atoms with Crippen LogP contribution in [0.1, 0.15) is 24.2 Å². The van der Waals surface area contributed by atoms with Crippen molar-refractivity contribution < 1.29 is 9.84 Å². The Hall–Kier alpha value is -1.87. The second kappa shape index (κ2) is 5.46. The van der Waals surface area contributed by atoms with E-state index in [-0.39, 0.29) is 0 Å². The van der Waals surface area contributed by atoms with Gasteiger partial charge in [0.25, 0.3) is 0 Å². The Morgan fingerprint density at radius 3 is 2.71 bits per heavy atom. The van der Waals surface area contributed by atoms with Gasteiger partial charge in [-0.1, -0.05) is 12.1 Å². The van der Waals surface area contributed by atoms with Gasteiger partial charge in [-0.25, -0.2) is 0 Å². The van der Waals surface area contributed by atoms with E-state index in [4.69, 9.17) is 4.74 Å². The molecule has 1 aromatic carbocycles. The molecule has 0 spiro atoms. The van der Waals surface area contributed by atoms with Gasteiger partial charge in [0.15, 0.2) is 0 Å². The molecule has 3 nitrogen and oxygen atoms in total. The van der Waals surface area contributed by atoms with Crippen molar-refractivity contribution in [3.8, 4) is 5.75 Å². The van der Waals surface area contributed by atoms with Crippen LogP contribution >= 0.6 is 0 Å². The molecule has 0 aliphatic carbocycles. The molecule has 0 saturated carbocycles. The lowest BCUT2D eigenvalue weighted by Crippen LogP contribution is -1.97. The zero-order valence-corrected chi connectivity index (χ0v) is 9.71. The molecule has 3 heteroatoms. The molecular weight excluding hydrogens is 214 g/mol. The summed E-state index contributed by atoms with van der Waals surface area (Å²) in [5.74, 6) is 0.764. The monoisotopic (exact) mass is 229 g/mol. The molecule has 1 atom stereocenters. The van der Waals surface area contributed by atoms with Crippen LogP contribution in [0, 0.1) is 0 Å². The van der Waals surface area contributed by atoms with Gasteiger partial charge in [0, 0.05) is 12.4 Å². The lowest BCUT2D eigenvalue weighted by Gasteiger charge is -2.09. The van der Waals surface area contributed by atoms with Crippen LogP contribution in [0.25, 0.3) is 0 Å². The lowest BCUT2D eigenvalue weighted by molar-refractivity contribution is 0.198. The van der Waals surface area contributed by atoms with Gasteiger partial charge in [0.1, 0.15) is 12.4 Å². The van der Waals surface area contributed by atoms with Crippen LogP contribution in [0.3, 0.4) is 0 Å². The number of aromatic nitrogens is 1. The third-order valence-electron chi connectivity index (χ3n) is 2.50. The summed E-state index contributed by atoms with van der Waals surface area (Å²) in [7, 11) is 0. The Balaban J connectivity index is 2.02. The quantitative estimate of drug-likeness (QED) is 0.876. The smallest absolute Gasteiger partial charge is 0.120 e. The summed E-state index contributed by atoms with van der Waals surface area (Å²) in [5.41, 5.74) is 1.93. The highest BCUT2D eigenvalue weighted by atomic mass is 16.5. The molecule has 0 unspecified atom stereocenters. The molecule has 0 saturated heterocycles. The van der Waals surface area contributed by atoms with Crippen LogP contribution < -0.4 is 4.74 Å². The number of benzene rings is 1. The molecule has 2 rings (SSSR count). The zero-order valence-electron chi connectivity index (χ0n) is 9.71. The molecule has 0 aliphatic heterocycles. The normalized spacial score (nSPS) is 12.1. The molecule has 1 N–H and O–H groups in total. The van der Waals surface area contributed by atoms with Crippen molar-refractivity contribution in [2.75, 3.05) is 0 Å². The SMILES string of the molecule is C[C@@H](O)c1cccc(OCc2ccncc2)c1. The summed E-state index contributed by atoms with van der Waals surface area (Å²) < 4.78 is 5.64. The van der Waals surface area contributed by atoms with Gasteiger partial charge in [-0.3, -0.25) is 4.98 Å². The highest BCUT2D eigenvalue weighted by molar-refractivity contribution is 5.29. The Morgan fingerprint density at radius 1 is 1.24 bits per heavy atom. The highest BCUT2D eigenvalue weighted by Crippen LogP contribution is 2.19. The molecule has 17 heavy (non-hydrogen) atoms. The molecule has 88 valence electrons. The van der Waals surface area contributed by atoms with Gasteiger partial charge in [-0.2, -0.15) is 0 Å². The van der Waals surface area contributed by atoms with E-state index in [0.29, 0.717) is 6.61 Å². The number of rotatable bonds is 4. The van der Waals surface area contributed by atoms with E-state index < -0.39 is 6.10 Å². The van der Waals surface area contributed by atoms with Crippen LogP contribution in [-0.2, 0) is 6.61 Å². The van der Waals surface area contributed by atoms with Gasteiger partial charge in [0.05, 0.1) is 6.10 Å². The van der Waals surface area contributed by atoms with E-state index in [1.807, 2.05) is 36.4 Å². The van der Waals surface area contributed by atoms with E-state index in [0.717, 1.165) is 16.9 Å². The predicted octanol–water partition coefficient (Wildman–Crippen LogP) is 2.71. The van der Waals surface area contributed by atoms with Gasteiger partial charge < -0.3 is 9.84 Å². The lowest BCUT2D eigenvalue weighted by atomic mass is 10.1. The first-order valence-electron chi connectivity index (χ1n) is 5.55. The summed E-state index contributed by atoms with van der Waals surface area (Å²) in [6.07, 6.45) is 3.01. The summed E-state index contributed by atoms with van der Waals surface area (Å²) in [5, 5.41) is 9.47. The number of hydrogen-bond acceptors (Lipinski definition) is 3. The average Bonchev–Trinajstić information content (AvgIpc) is 2.38. The molecule has 0 radical (unpaired) electrons. The fourth-order valence-electron chi connectivity index (χ4n) is 1.51. The van der Waals surface area contributed by atoms with E-state index in [1.54, 1.807) is 19.3 Å². The maximum Gasteiger partial charge on any atom is 0.120 e. The first kappa shape index (κ1) is 11.6. The Bertz CT molecular complexity index is 469. The standard InChI is InChI=1S/C14H15NO2/c1-11(16)13-3-2-4-14(9-13)17-10-12-5-7-15-8-6-12/h2-9,11,16H,10H2,1H3/t11-/m1/s1. The van der Waals surface area contributed by atoms with Crippen LogP contribution in [-0.4, -0.2) is 10.1 Å². The Labute approximate surface area is 101 Å². The van der Waals surface area contributed by atoms with Crippen LogP contribution in [0.4, 0.5) is 0 Å². The van der Waals surface area contributed by atoms with Crippen molar-refractivity contribution in [3.63, 3.8) is 0 Å². The Morgan fingerprint density at radius 2 is 2.00 bits per heavy atom. The van der Waals surface area contributed by atoms with Gasteiger partial charge in [0.2, 0.25) is 0 Å². The molecular formula is C14H15NO2. The summed E-state index contributed by atoms with van der Waals surface area (Å²) in [6, 6.07) is 11.3. The third kappa shape index (κ3) is 3.29.